The molecule has 3 rings (SSSR count). The first-order chi connectivity index (χ1) is 11.4. The number of halogens is 2. The number of anilines is 1. The van der Waals surface area contributed by atoms with Gasteiger partial charge in [0.2, 0.25) is 5.82 Å². The van der Waals surface area contributed by atoms with Crippen LogP contribution in [0.5, 0.6) is 0 Å². The van der Waals surface area contributed by atoms with E-state index in [0.29, 0.717) is 16.4 Å². The molecule has 0 aliphatic rings. The van der Waals surface area contributed by atoms with Crippen LogP contribution in [0.1, 0.15) is 34.2 Å². The van der Waals surface area contributed by atoms with Gasteiger partial charge < -0.3 is 4.52 Å². The monoisotopic (exact) mass is 351 g/mol. The number of amides is 1. The number of aromatic nitrogens is 4. The predicted molar refractivity (Wildman–Crippen MR) is 82.0 cm³/mol. The van der Waals surface area contributed by atoms with Crippen LogP contribution in [0.2, 0.25) is 0 Å². The van der Waals surface area contributed by atoms with Crippen LogP contribution < -0.4 is 5.32 Å². The van der Waals surface area contributed by atoms with Crippen molar-refractivity contribution in [1.82, 2.24) is 20.1 Å². The molecule has 0 fully saturated rings. The molecule has 3 heterocycles. The maximum absolute atomic E-state index is 12.5. The fraction of sp³-hybridized carbons (Fsp3) is 0.214. The van der Waals surface area contributed by atoms with E-state index in [9.17, 15) is 13.6 Å². The fourth-order valence-corrected chi connectivity index (χ4v) is 2.61. The van der Waals surface area contributed by atoms with Crippen LogP contribution in [-0.2, 0) is 0 Å². The van der Waals surface area contributed by atoms with Gasteiger partial charge in [-0.05, 0) is 26.0 Å². The van der Waals surface area contributed by atoms with Crippen molar-refractivity contribution in [2.45, 2.75) is 20.3 Å². The average Bonchev–Trinajstić information content (AvgIpc) is 3.16. The van der Waals surface area contributed by atoms with E-state index < -0.39 is 18.2 Å². The Morgan fingerprint density at radius 2 is 2.00 bits per heavy atom. The zero-order chi connectivity index (χ0) is 17.3. The van der Waals surface area contributed by atoms with Gasteiger partial charge in [-0.3, -0.25) is 10.1 Å². The molecule has 0 unspecified atom stereocenters. The summed E-state index contributed by atoms with van der Waals surface area (Å²) in [5.74, 6) is -1.27. The number of nitrogens with one attached hydrogen (secondary N) is 1. The van der Waals surface area contributed by atoms with Crippen molar-refractivity contribution < 1.29 is 18.1 Å². The third-order valence-electron chi connectivity index (χ3n) is 2.91. The SMILES string of the molecule is Cc1cc(-c2noc(C(F)F)n2)cc(C(=O)Nc2nc(C)cs2)n1. The van der Waals surface area contributed by atoms with Gasteiger partial charge in [-0.15, -0.1) is 11.3 Å². The Labute approximate surface area is 138 Å². The van der Waals surface area contributed by atoms with E-state index in [4.69, 9.17) is 0 Å². The van der Waals surface area contributed by atoms with E-state index in [1.165, 1.54) is 17.4 Å². The molecule has 3 aromatic heterocycles. The van der Waals surface area contributed by atoms with Crippen molar-refractivity contribution >= 4 is 22.4 Å². The lowest BCUT2D eigenvalue weighted by atomic mass is 10.2. The molecule has 0 spiro atoms. The largest absolute Gasteiger partial charge is 0.333 e. The number of hydrogen-bond donors (Lipinski definition) is 1. The lowest BCUT2D eigenvalue weighted by molar-refractivity contribution is 0.102. The lowest BCUT2D eigenvalue weighted by Crippen LogP contribution is -2.14. The quantitative estimate of drug-likeness (QED) is 0.774. The summed E-state index contributed by atoms with van der Waals surface area (Å²) < 4.78 is 29.6. The van der Waals surface area contributed by atoms with Crippen molar-refractivity contribution in [3.63, 3.8) is 0 Å². The molecule has 7 nitrogen and oxygen atoms in total. The van der Waals surface area contributed by atoms with E-state index in [2.05, 4.69) is 29.9 Å². The molecule has 3 aromatic rings. The summed E-state index contributed by atoms with van der Waals surface area (Å²) in [4.78, 5) is 24.2. The molecule has 0 aromatic carbocycles. The molecule has 0 aliphatic heterocycles. The standard InChI is InChI=1S/C14H11F2N5O2S/c1-6-3-8(11-19-13(10(15)16)23-21-11)4-9(17-6)12(22)20-14-18-7(2)5-24-14/h3-5,10H,1-2H3,(H,18,20,22). The van der Waals surface area contributed by atoms with Crippen LogP contribution in [0, 0.1) is 13.8 Å². The summed E-state index contributed by atoms with van der Waals surface area (Å²) >= 11 is 1.29. The maximum Gasteiger partial charge on any atom is 0.315 e. The highest BCUT2D eigenvalue weighted by atomic mass is 32.1. The topological polar surface area (TPSA) is 93.8 Å². The minimum atomic E-state index is -2.86. The first kappa shape index (κ1) is 16.1. The van der Waals surface area contributed by atoms with Gasteiger partial charge in [0.15, 0.2) is 5.13 Å². The van der Waals surface area contributed by atoms with Gasteiger partial charge in [-0.1, -0.05) is 5.16 Å². The molecule has 10 heteroatoms. The number of alkyl halides is 2. The molecule has 1 amide bonds. The van der Waals surface area contributed by atoms with Crippen molar-refractivity contribution in [2.24, 2.45) is 0 Å². The van der Waals surface area contributed by atoms with Gasteiger partial charge >= 0.3 is 6.43 Å². The van der Waals surface area contributed by atoms with Crippen LogP contribution in [0.3, 0.4) is 0 Å². The number of rotatable bonds is 4. The van der Waals surface area contributed by atoms with Gasteiger partial charge in [0.25, 0.3) is 11.8 Å². The van der Waals surface area contributed by atoms with Crippen LogP contribution in [-0.4, -0.2) is 26.0 Å². The number of aryl methyl sites for hydroxylation is 2. The van der Waals surface area contributed by atoms with Gasteiger partial charge in [0.1, 0.15) is 5.69 Å². The summed E-state index contributed by atoms with van der Waals surface area (Å²) in [6.07, 6.45) is -2.86. The number of hydrogen-bond acceptors (Lipinski definition) is 7. The molecule has 0 saturated heterocycles. The summed E-state index contributed by atoms with van der Waals surface area (Å²) in [6.45, 7) is 3.48. The summed E-state index contributed by atoms with van der Waals surface area (Å²) in [5, 5.41) is 8.38. The van der Waals surface area contributed by atoms with Crippen molar-refractivity contribution in [1.29, 1.82) is 0 Å². The molecule has 24 heavy (non-hydrogen) atoms. The minimum absolute atomic E-state index is 0.0325. The third-order valence-corrected chi connectivity index (χ3v) is 3.79. The van der Waals surface area contributed by atoms with E-state index in [0.717, 1.165) is 5.69 Å². The van der Waals surface area contributed by atoms with Crippen LogP contribution in [0.4, 0.5) is 13.9 Å². The van der Waals surface area contributed by atoms with E-state index in [1.54, 1.807) is 18.4 Å². The highest BCUT2D eigenvalue weighted by Crippen LogP contribution is 2.23. The molecule has 1 N–H and O–H groups in total. The Morgan fingerprint density at radius 1 is 1.21 bits per heavy atom. The maximum atomic E-state index is 12.5. The summed E-state index contributed by atoms with van der Waals surface area (Å²) in [6, 6.07) is 2.98. The van der Waals surface area contributed by atoms with E-state index in [1.807, 2.05) is 6.92 Å². The molecule has 124 valence electrons. The zero-order valence-corrected chi connectivity index (χ0v) is 13.4. The zero-order valence-electron chi connectivity index (χ0n) is 12.6. The Kier molecular flexibility index (Phi) is 4.30. The molecule has 0 aliphatic carbocycles. The minimum Gasteiger partial charge on any atom is -0.333 e. The Morgan fingerprint density at radius 3 is 2.62 bits per heavy atom. The van der Waals surface area contributed by atoms with Crippen molar-refractivity contribution in [2.75, 3.05) is 5.32 Å². The molecule has 0 saturated carbocycles. The second kappa shape index (κ2) is 6.40. The van der Waals surface area contributed by atoms with Gasteiger partial charge in [0.05, 0.1) is 5.69 Å². The predicted octanol–water partition coefficient (Wildman–Crippen LogP) is 3.39. The summed E-state index contributed by atoms with van der Waals surface area (Å²) in [5.41, 5.74) is 1.76. The molecule has 0 radical (unpaired) electrons. The Hall–Kier alpha value is -2.75. The van der Waals surface area contributed by atoms with E-state index >= 15 is 0 Å². The average molecular weight is 351 g/mol. The molecular weight excluding hydrogens is 340 g/mol. The van der Waals surface area contributed by atoms with Crippen LogP contribution in [0.15, 0.2) is 22.0 Å². The molecule has 0 bridgehead atoms. The highest BCUT2D eigenvalue weighted by Gasteiger charge is 2.19. The number of carbonyl (C=O) groups excluding carboxylic acids is 1. The smallest absolute Gasteiger partial charge is 0.315 e. The highest BCUT2D eigenvalue weighted by molar-refractivity contribution is 7.13. The second-order valence-corrected chi connectivity index (χ2v) is 5.75. The van der Waals surface area contributed by atoms with Gasteiger partial charge in [0, 0.05) is 16.6 Å². The van der Waals surface area contributed by atoms with Crippen molar-refractivity contribution in [3.05, 3.63) is 40.5 Å². The number of pyridine rings is 1. The molecule has 0 atom stereocenters. The van der Waals surface area contributed by atoms with Gasteiger partial charge in [-0.25, -0.2) is 9.97 Å². The first-order valence-corrected chi connectivity index (χ1v) is 7.64. The summed E-state index contributed by atoms with van der Waals surface area (Å²) in [7, 11) is 0. The first-order valence-electron chi connectivity index (χ1n) is 6.76. The van der Waals surface area contributed by atoms with Crippen LogP contribution in [0.25, 0.3) is 11.4 Å². The van der Waals surface area contributed by atoms with Crippen molar-refractivity contribution in [3.8, 4) is 11.4 Å². The normalized spacial score (nSPS) is 11.0. The lowest BCUT2D eigenvalue weighted by Gasteiger charge is -2.04. The van der Waals surface area contributed by atoms with Crippen LogP contribution >= 0.6 is 11.3 Å². The fourth-order valence-electron chi connectivity index (χ4n) is 1.93. The Balaban J connectivity index is 1.89. The third kappa shape index (κ3) is 3.43. The van der Waals surface area contributed by atoms with Gasteiger partial charge in [-0.2, -0.15) is 13.8 Å². The number of nitrogens with zero attached hydrogens (tertiary/aromatic N) is 4. The molecular formula is C14H11F2N5O2S. The Bertz CT molecular complexity index is 893. The van der Waals surface area contributed by atoms with E-state index in [-0.39, 0.29) is 11.5 Å². The number of carbonyl (C=O) groups is 1. The number of thiazole rings is 1. The second-order valence-electron chi connectivity index (χ2n) is 4.89.